The molecule has 3 aliphatic carbocycles. The molecule has 4 heteroatoms. The molecule has 4 nitrogen and oxygen atoms in total. The number of hydrogen-bond acceptors (Lipinski definition) is 4. The van der Waals surface area contributed by atoms with Crippen molar-refractivity contribution in [2.45, 2.75) is 69.2 Å². The van der Waals surface area contributed by atoms with E-state index in [9.17, 15) is 15.3 Å². The summed E-state index contributed by atoms with van der Waals surface area (Å²) in [6, 6.07) is -0.0808. The Morgan fingerprint density at radius 1 is 1.21 bits per heavy atom. The Morgan fingerprint density at radius 2 is 2.08 bits per heavy atom. The van der Waals surface area contributed by atoms with Crippen molar-refractivity contribution in [2.75, 3.05) is 6.61 Å². The Hall–Kier alpha value is -0.940. The predicted octanol–water partition coefficient (Wildman–Crippen LogP) is 2.42. The van der Waals surface area contributed by atoms with E-state index in [0.717, 1.165) is 51.4 Å². The number of aliphatic hydroxyl groups is 3. The monoisotopic (exact) mass is 333 g/mol. The number of aliphatic hydroxyl groups excluding tert-OH is 2. The van der Waals surface area contributed by atoms with Gasteiger partial charge >= 0.3 is 0 Å². The third kappa shape index (κ3) is 3.99. The van der Waals surface area contributed by atoms with E-state index < -0.39 is 11.8 Å². The minimum Gasteiger partial charge on any atom is -0.395 e. The molecule has 0 aromatic heterocycles. The molecule has 0 heterocycles. The van der Waals surface area contributed by atoms with Gasteiger partial charge in [-0.05, 0) is 63.2 Å². The van der Waals surface area contributed by atoms with Crippen molar-refractivity contribution in [3.05, 3.63) is 36.0 Å². The highest BCUT2D eigenvalue weighted by Crippen LogP contribution is 2.53. The molecule has 0 aromatic carbocycles. The van der Waals surface area contributed by atoms with Gasteiger partial charge in [0, 0.05) is 6.04 Å². The fourth-order valence-corrected chi connectivity index (χ4v) is 4.42. The summed E-state index contributed by atoms with van der Waals surface area (Å²) in [4.78, 5) is 0. The second-order valence-electron chi connectivity index (χ2n) is 7.62. The lowest BCUT2D eigenvalue weighted by molar-refractivity contribution is -0.0872. The first-order valence-electron chi connectivity index (χ1n) is 9.40. The summed E-state index contributed by atoms with van der Waals surface area (Å²) in [5, 5.41) is 33.1. The third-order valence-electron chi connectivity index (χ3n) is 6.01. The van der Waals surface area contributed by atoms with Crippen LogP contribution in [0.15, 0.2) is 36.0 Å². The van der Waals surface area contributed by atoms with E-state index in [2.05, 4.69) is 35.7 Å². The van der Waals surface area contributed by atoms with Crippen LogP contribution in [0, 0.1) is 11.8 Å². The van der Waals surface area contributed by atoms with Gasteiger partial charge in [0.25, 0.3) is 0 Å². The molecule has 0 amide bonds. The zero-order valence-electron chi connectivity index (χ0n) is 14.4. The molecule has 0 aromatic rings. The molecule has 4 unspecified atom stereocenters. The Balaban J connectivity index is 1.57. The molecule has 0 radical (unpaired) electrons. The minimum absolute atomic E-state index is 0.0366. The normalized spacial score (nSPS) is 33.6. The summed E-state index contributed by atoms with van der Waals surface area (Å²) in [6.07, 6.45) is 17.5. The van der Waals surface area contributed by atoms with Crippen LogP contribution in [0.5, 0.6) is 0 Å². The highest BCUT2D eigenvalue weighted by molar-refractivity contribution is 5.19. The lowest BCUT2D eigenvalue weighted by atomic mass is 9.87. The topological polar surface area (TPSA) is 72.7 Å². The fraction of sp³-hybridized carbons (Fsp3) is 0.700. The average molecular weight is 333 g/mol. The molecular weight excluding hydrogens is 302 g/mol. The second-order valence-corrected chi connectivity index (χ2v) is 7.62. The van der Waals surface area contributed by atoms with Crippen molar-refractivity contribution in [3.8, 4) is 0 Å². The molecule has 1 fully saturated rings. The van der Waals surface area contributed by atoms with Gasteiger partial charge in [-0.1, -0.05) is 36.0 Å². The number of allylic oxidation sites excluding steroid dienone is 6. The average Bonchev–Trinajstić information content (AvgIpc) is 3.36. The lowest BCUT2D eigenvalue weighted by Gasteiger charge is -2.30. The Morgan fingerprint density at radius 3 is 2.71 bits per heavy atom. The summed E-state index contributed by atoms with van der Waals surface area (Å²) < 4.78 is 0. The maximum absolute atomic E-state index is 9.98. The molecule has 0 spiro atoms. The summed E-state index contributed by atoms with van der Waals surface area (Å²) in [7, 11) is 0. The van der Waals surface area contributed by atoms with E-state index >= 15 is 0 Å². The lowest BCUT2D eigenvalue weighted by Crippen LogP contribution is -2.51. The van der Waals surface area contributed by atoms with Gasteiger partial charge in [-0.2, -0.15) is 0 Å². The van der Waals surface area contributed by atoms with Crippen LogP contribution in [-0.2, 0) is 0 Å². The minimum atomic E-state index is -1.36. The van der Waals surface area contributed by atoms with Gasteiger partial charge in [0.1, 0.15) is 0 Å². The molecule has 1 saturated carbocycles. The summed E-state index contributed by atoms with van der Waals surface area (Å²) in [6.45, 7) is 0.0366. The highest BCUT2D eigenvalue weighted by atomic mass is 16.5. The van der Waals surface area contributed by atoms with Gasteiger partial charge in [-0.25, -0.2) is 0 Å². The van der Waals surface area contributed by atoms with Crippen molar-refractivity contribution in [1.29, 1.82) is 0 Å². The smallest absolute Gasteiger partial charge is 0.170 e. The van der Waals surface area contributed by atoms with Crippen LogP contribution in [0.4, 0.5) is 0 Å². The van der Waals surface area contributed by atoms with Gasteiger partial charge in [-0.15, -0.1) is 0 Å². The van der Waals surface area contributed by atoms with Crippen LogP contribution in [0.2, 0.25) is 0 Å². The number of nitrogens with one attached hydrogen (secondary N) is 1. The molecule has 3 rings (SSSR count). The van der Waals surface area contributed by atoms with Crippen LogP contribution in [0.25, 0.3) is 0 Å². The van der Waals surface area contributed by atoms with E-state index in [1.54, 1.807) is 0 Å². The molecule has 0 aliphatic heterocycles. The van der Waals surface area contributed by atoms with Crippen LogP contribution >= 0.6 is 0 Å². The first-order valence-corrected chi connectivity index (χ1v) is 9.40. The second kappa shape index (κ2) is 7.96. The molecule has 4 N–H and O–H groups in total. The maximum atomic E-state index is 9.98. The SMILES string of the molecule is OCC(CCC1=CC=CCC1)NC1(C(O)O)CC1C1CC=CCC1. The first kappa shape index (κ1) is 17.9. The largest absolute Gasteiger partial charge is 0.395 e. The van der Waals surface area contributed by atoms with E-state index in [-0.39, 0.29) is 12.6 Å². The molecule has 3 aliphatic rings. The Labute approximate surface area is 145 Å². The Bertz CT molecular complexity index is 511. The molecular formula is C20H31NO3. The third-order valence-corrected chi connectivity index (χ3v) is 6.01. The van der Waals surface area contributed by atoms with Gasteiger partial charge in [0.15, 0.2) is 6.29 Å². The fourth-order valence-electron chi connectivity index (χ4n) is 4.42. The molecule has 0 saturated heterocycles. The first-order chi connectivity index (χ1) is 11.7. The van der Waals surface area contributed by atoms with Crippen LogP contribution < -0.4 is 5.32 Å². The van der Waals surface area contributed by atoms with Crippen molar-refractivity contribution in [1.82, 2.24) is 5.32 Å². The summed E-state index contributed by atoms with van der Waals surface area (Å²) in [5.41, 5.74) is 0.797. The van der Waals surface area contributed by atoms with Crippen LogP contribution in [0.3, 0.4) is 0 Å². The van der Waals surface area contributed by atoms with Crippen molar-refractivity contribution >= 4 is 0 Å². The maximum Gasteiger partial charge on any atom is 0.170 e. The molecule has 0 bridgehead atoms. The van der Waals surface area contributed by atoms with Crippen LogP contribution in [0.1, 0.15) is 51.4 Å². The van der Waals surface area contributed by atoms with E-state index in [4.69, 9.17) is 0 Å². The van der Waals surface area contributed by atoms with Crippen molar-refractivity contribution in [3.63, 3.8) is 0 Å². The van der Waals surface area contributed by atoms with Crippen molar-refractivity contribution < 1.29 is 15.3 Å². The summed E-state index contributed by atoms with van der Waals surface area (Å²) >= 11 is 0. The standard InChI is InChI=1S/C20H31NO3/c22-14-17(12-11-15-7-3-1-4-8-15)21-20(19(23)24)13-18(20)16-9-5-2-6-10-16/h1-3,5,7,16-19,21-24H,4,6,8-14H2. The van der Waals surface area contributed by atoms with Gasteiger partial charge < -0.3 is 20.6 Å². The van der Waals surface area contributed by atoms with E-state index in [1.165, 1.54) is 5.57 Å². The molecule has 24 heavy (non-hydrogen) atoms. The van der Waals surface area contributed by atoms with E-state index in [1.807, 2.05) is 0 Å². The predicted molar refractivity (Wildman–Crippen MR) is 95.2 cm³/mol. The van der Waals surface area contributed by atoms with Gasteiger partial charge in [0.05, 0.1) is 12.1 Å². The Kier molecular flexibility index (Phi) is 5.93. The zero-order valence-corrected chi connectivity index (χ0v) is 14.4. The zero-order chi connectivity index (χ0) is 17.0. The van der Waals surface area contributed by atoms with Gasteiger partial charge in [0.2, 0.25) is 0 Å². The van der Waals surface area contributed by atoms with Gasteiger partial charge in [-0.3, -0.25) is 0 Å². The number of rotatable bonds is 8. The van der Waals surface area contributed by atoms with E-state index in [0.29, 0.717) is 11.8 Å². The number of hydrogen-bond donors (Lipinski definition) is 4. The summed E-state index contributed by atoms with van der Waals surface area (Å²) in [5.74, 6) is 0.822. The molecule has 4 atom stereocenters. The van der Waals surface area contributed by atoms with Crippen molar-refractivity contribution in [2.24, 2.45) is 11.8 Å². The molecule has 134 valence electrons. The quantitative estimate of drug-likeness (QED) is 0.407. The highest BCUT2D eigenvalue weighted by Gasteiger charge is 2.61. The van der Waals surface area contributed by atoms with Crippen LogP contribution in [-0.4, -0.2) is 39.8 Å².